The zero-order valence-electron chi connectivity index (χ0n) is 13.4. The molecule has 19 heavy (non-hydrogen) atoms. The zero-order chi connectivity index (χ0) is 14.6. The van der Waals surface area contributed by atoms with Gasteiger partial charge in [-0.15, -0.1) is 0 Å². The van der Waals surface area contributed by atoms with Gasteiger partial charge in [0.1, 0.15) is 17.5 Å². The van der Waals surface area contributed by atoms with E-state index in [1.54, 1.807) is 0 Å². The third kappa shape index (κ3) is 4.69. The molecule has 0 aliphatic rings. The van der Waals surface area contributed by atoms with E-state index < -0.39 is 0 Å². The van der Waals surface area contributed by atoms with E-state index in [0.717, 1.165) is 24.0 Å². The summed E-state index contributed by atoms with van der Waals surface area (Å²) >= 11 is 0. The predicted molar refractivity (Wildman–Crippen MR) is 83.0 cm³/mol. The fraction of sp³-hybridized carbons (Fsp3) is 0.733. The Morgan fingerprint density at radius 3 is 2.37 bits per heavy atom. The first-order valence-electron chi connectivity index (χ1n) is 7.02. The Labute approximate surface area is 117 Å². The summed E-state index contributed by atoms with van der Waals surface area (Å²) in [4.78, 5) is 11.5. The Kier molecular flexibility index (Phi) is 5.15. The van der Waals surface area contributed by atoms with Crippen molar-refractivity contribution >= 4 is 11.6 Å². The molecule has 1 N–H and O–H groups in total. The lowest BCUT2D eigenvalue weighted by Crippen LogP contribution is -2.24. The number of anilines is 2. The lowest BCUT2D eigenvalue weighted by Gasteiger charge is -2.23. The summed E-state index contributed by atoms with van der Waals surface area (Å²) in [5.74, 6) is 3.46. The van der Waals surface area contributed by atoms with Crippen LogP contribution in [0.15, 0.2) is 6.07 Å². The van der Waals surface area contributed by atoms with Crippen LogP contribution in [-0.2, 0) is 5.41 Å². The number of rotatable bonds is 5. The normalized spacial score (nSPS) is 11.8. The van der Waals surface area contributed by atoms with Gasteiger partial charge < -0.3 is 10.2 Å². The minimum absolute atomic E-state index is 0.0412. The van der Waals surface area contributed by atoms with E-state index in [-0.39, 0.29) is 5.41 Å². The summed E-state index contributed by atoms with van der Waals surface area (Å²) in [6.07, 6.45) is 1.17. The van der Waals surface area contributed by atoms with E-state index in [2.05, 4.69) is 56.9 Å². The molecule has 4 heteroatoms. The molecular formula is C15H28N4. The first-order valence-corrected chi connectivity index (χ1v) is 7.02. The van der Waals surface area contributed by atoms with Crippen molar-refractivity contribution in [3.63, 3.8) is 0 Å². The van der Waals surface area contributed by atoms with E-state index in [0.29, 0.717) is 5.92 Å². The molecule has 0 unspecified atom stereocenters. The number of hydrogen-bond acceptors (Lipinski definition) is 4. The fourth-order valence-corrected chi connectivity index (χ4v) is 1.66. The highest BCUT2D eigenvalue weighted by molar-refractivity contribution is 5.49. The number of nitrogens with zero attached hydrogens (tertiary/aromatic N) is 3. The van der Waals surface area contributed by atoms with E-state index in [4.69, 9.17) is 4.98 Å². The van der Waals surface area contributed by atoms with Gasteiger partial charge in [0.25, 0.3) is 0 Å². The van der Waals surface area contributed by atoms with Crippen LogP contribution in [0.25, 0.3) is 0 Å². The Bertz CT molecular complexity index is 407. The van der Waals surface area contributed by atoms with Crippen LogP contribution in [0.2, 0.25) is 0 Å². The van der Waals surface area contributed by atoms with Gasteiger partial charge in [-0.25, -0.2) is 9.97 Å². The van der Waals surface area contributed by atoms with Crippen LogP contribution in [0.5, 0.6) is 0 Å². The highest BCUT2D eigenvalue weighted by atomic mass is 15.2. The lowest BCUT2D eigenvalue weighted by molar-refractivity contribution is 0.542. The lowest BCUT2D eigenvalue weighted by atomic mass is 9.96. The smallest absolute Gasteiger partial charge is 0.138 e. The molecule has 0 atom stereocenters. The summed E-state index contributed by atoms with van der Waals surface area (Å²) in [6.45, 7) is 11.9. The summed E-state index contributed by atoms with van der Waals surface area (Å²) < 4.78 is 0. The molecule has 0 bridgehead atoms. The maximum absolute atomic E-state index is 4.71. The van der Waals surface area contributed by atoms with E-state index in [1.807, 2.05) is 13.1 Å². The fourth-order valence-electron chi connectivity index (χ4n) is 1.66. The van der Waals surface area contributed by atoms with Crippen molar-refractivity contribution in [2.45, 2.75) is 46.5 Å². The van der Waals surface area contributed by atoms with E-state index in [1.165, 1.54) is 6.42 Å². The van der Waals surface area contributed by atoms with Crippen LogP contribution in [-0.4, -0.2) is 30.6 Å². The Morgan fingerprint density at radius 2 is 1.89 bits per heavy atom. The van der Waals surface area contributed by atoms with Crippen molar-refractivity contribution in [2.75, 3.05) is 30.9 Å². The second-order valence-electron chi connectivity index (χ2n) is 6.54. The first kappa shape index (κ1) is 15.7. The van der Waals surface area contributed by atoms with Gasteiger partial charge in [-0.2, -0.15) is 0 Å². The van der Waals surface area contributed by atoms with E-state index >= 15 is 0 Å². The minimum Gasteiger partial charge on any atom is -0.373 e. The second kappa shape index (κ2) is 6.22. The summed E-state index contributed by atoms with van der Waals surface area (Å²) in [6, 6.07) is 2.01. The van der Waals surface area contributed by atoms with Gasteiger partial charge in [-0.05, 0) is 12.3 Å². The molecule has 108 valence electrons. The van der Waals surface area contributed by atoms with Crippen molar-refractivity contribution in [3.8, 4) is 0 Å². The second-order valence-corrected chi connectivity index (χ2v) is 6.54. The number of aromatic nitrogens is 2. The Hall–Kier alpha value is -1.32. The summed E-state index contributed by atoms with van der Waals surface area (Å²) in [7, 11) is 3.99. The van der Waals surface area contributed by atoms with Gasteiger partial charge in [-0.1, -0.05) is 34.6 Å². The molecule has 1 aromatic rings. The average molecular weight is 264 g/mol. The van der Waals surface area contributed by atoms with E-state index in [9.17, 15) is 0 Å². The van der Waals surface area contributed by atoms with Crippen LogP contribution < -0.4 is 10.2 Å². The van der Waals surface area contributed by atoms with Crippen molar-refractivity contribution in [1.82, 2.24) is 9.97 Å². The van der Waals surface area contributed by atoms with Crippen LogP contribution in [0.3, 0.4) is 0 Å². The van der Waals surface area contributed by atoms with Gasteiger partial charge in [0.05, 0.1) is 0 Å². The molecule has 4 nitrogen and oxygen atoms in total. The largest absolute Gasteiger partial charge is 0.373 e. The highest BCUT2D eigenvalue weighted by Gasteiger charge is 2.19. The Morgan fingerprint density at radius 1 is 1.26 bits per heavy atom. The zero-order valence-corrected chi connectivity index (χ0v) is 13.4. The third-order valence-corrected chi connectivity index (χ3v) is 3.07. The molecule has 0 aromatic carbocycles. The third-order valence-electron chi connectivity index (χ3n) is 3.07. The molecule has 0 fully saturated rings. The molecular weight excluding hydrogens is 236 g/mol. The summed E-state index contributed by atoms with van der Waals surface area (Å²) in [5.41, 5.74) is -0.0412. The molecule has 0 saturated carbocycles. The van der Waals surface area contributed by atoms with Crippen molar-refractivity contribution in [1.29, 1.82) is 0 Å². The topological polar surface area (TPSA) is 41.0 Å². The van der Waals surface area contributed by atoms with Crippen LogP contribution >= 0.6 is 0 Å². The van der Waals surface area contributed by atoms with Gasteiger partial charge in [0.15, 0.2) is 0 Å². The number of nitrogens with one attached hydrogen (secondary N) is 1. The maximum Gasteiger partial charge on any atom is 0.138 e. The standard InChI is InChI=1S/C15H28N4/c1-11(2)8-9-19(7)13-10-12(16-6)17-14(18-13)15(3,4)5/h10-11H,8-9H2,1-7H3,(H,16,17,18). The molecule has 0 aliphatic carbocycles. The molecule has 0 radical (unpaired) electrons. The maximum atomic E-state index is 4.71. The molecule has 0 aliphatic heterocycles. The van der Waals surface area contributed by atoms with Crippen LogP contribution in [0.1, 0.15) is 46.9 Å². The van der Waals surface area contributed by atoms with Crippen molar-refractivity contribution in [2.24, 2.45) is 5.92 Å². The van der Waals surface area contributed by atoms with Crippen LogP contribution in [0.4, 0.5) is 11.6 Å². The molecule has 1 rings (SSSR count). The minimum atomic E-state index is -0.0412. The Balaban J connectivity index is 2.99. The van der Waals surface area contributed by atoms with Crippen molar-refractivity contribution < 1.29 is 0 Å². The van der Waals surface area contributed by atoms with Gasteiger partial charge >= 0.3 is 0 Å². The van der Waals surface area contributed by atoms with Gasteiger partial charge in [0.2, 0.25) is 0 Å². The SMILES string of the molecule is CNc1cc(N(C)CCC(C)C)nc(C(C)(C)C)n1. The molecule has 1 heterocycles. The van der Waals surface area contributed by atoms with Crippen LogP contribution in [0, 0.1) is 5.92 Å². The average Bonchev–Trinajstić information content (AvgIpc) is 2.34. The molecule has 0 spiro atoms. The highest BCUT2D eigenvalue weighted by Crippen LogP contribution is 2.23. The molecule has 0 amide bonds. The summed E-state index contributed by atoms with van der Waals surface area (Å²) in [5, 5.41) is 3.12. The monoisotopic (exact) mass is 264 g/mol. The van der Waals surface area contributed by atoms with Gasteiger partial charge in [-0.3, -0.25) is 0 Å². The first-order chi connectivity index (χ1) is 8.74. The molecule has 1 aromatic heterocycles. The number of hydrogen-bond donors (Lipinski definition) is 1. The molecule has 0 saturated heterocycles. The quantitative estimate of drug-likeness (QED) is 0.886. The predicted octanol–water partition coefficient (Wildman–Crippen LogP) is 3.30. The van der Waals surface area contributed by atoms with Crippen molar-refractivity contribution in [3.05, 3.63) is 11.9 Å². The van der Waals surface area contributed by atoms with Gasteiger partial charge in [0, 0.05) is 32.1 Å².